The summed E-state index contributed by atoms with van der Waals surface area (Å²) in [7, 11) is 0. The van der Waals surface area contributed by atoms with Crippen LogP contribution in [-0.2, 0) is 6.42 Å². The molecule has 3 nitrogen and oxygen atoms in total. The smallest absolute Gasteiger partial charge is 0.253 e. The van der Waals surface area contributed by atoms with Gasteiger partial charge in [0.05, 0.1) is 0 Å². The quantitative estimate of drug-likeness (QED) is 0.853. The van der Waals surface area contributed by atoms with E-state index in [1.54, 1.807) is 24.5 Å². The molecule has 1 unspecified atom stereocenters. The SMILES string of the molecule is O=C(c1ccncc1)N1CCCC(CCc2c(F)cccc2F)C1. The monoisotopic (exact) mass is 330 g/mol. The third-order valence-corrected chi connectivity index (χ3v) is 4.60. The summed E-state index contributed by atoms with van der Waals surface area (Å²) in [6.07, 6.45) is 6.15. The fourth-order valence-electron chi connectivity index (χ4n) is 3.28. The number of carbonyl (C=O) groups excluding carboxylic acids is 1. The van der Waals surface area contributed by atoms with Crippen molar-refractivity contribution in [3.05, 3.63) is 65.5 Å². The summed E-state index contributed by atoms with van der Waals surface area (Å²) >= 11 is 0. The van der Waals surface area contributed by atoms with Crippen LogP contribution in [0.4, 0.5) is 8.78 Å². The molecule has 24 heavy (non-hydrogen) atoms. The normalized spacial score (nSPS) is 17.8. The van der Waals surface area contributed by atoms with Gasteiger partial charge in [-0.1, -0.05) is 6.07 Å². The van der Waals surface area contributed by atoms with Crippen molar-refractivity contribution in [3.8, 4) is 0 Å². The highest BCUT2D eigenvalue weighted by Gasteiger charge is 2.24. The Balaban J connectivity index is 1.61. The van der Waals surface area contributed by atoms with E-state index in [4.69, 9.17) is 0 Å². The number of benzene rings is 1. The van der Waals surface area contributed by atoms with Crippen LogP contribution in [0, 0.1) is 17.6 Å². The summed E-state index contributed by atoms with van der Waals surface area (Å²) < 4.78 is 27.4. The largest absolute Gasteiger partial charge is 0.338 e. The molecule has 2 heterocycles. The van der Waals surface area contributed by atoms with E-state index in [1.165, 1.54) is 18.2 Å². The molecule has 5 heteroatoms. The molecule has 0 aliphatic carbocycles. The molecule has 1 aromatic carbocycles. The van der Waals surface area contributed by atoms with E-state index in [0.717, 1.165) is 19.4 Å². The van der Waals surface area contributed by atoms with Gasteiger partial charge in [-0.25, -0.2) is 8.78 Å². The lowest BCUT2D eigenvalue weighted by atomic mass is 9.91. The summed E-state index contributed by atoms with van der Waals surface area (Å²) in [5.74, 6) is -0.714. The second kappa shape index (κ2) is 7.51. The average molecular weight is 330 g/mol. The van der Waals surface area contributed by atoms with Crippen molar-refractivity contribution in [1.82, 2.24) is 9.88 Å². The maximum atomic E-state index is 13.7. The zero-order valence-corrected chi connectivity index (χ0v) is 13.4. The van der Waals surface area contributed by atoms with Gasteiger partial charge in [0.15, 0.2) is 0 Å². The second-order valence-corrected chi connectivity index (χ2v) is 6.23. The first-order valence-electron chi connectivity index (χ1n) is 8.27. The molecular formula is C19H20F2N2O. The van der Waals surface area contributed by atoms with Crippen molar-refractivity contribution in [1.29, 1.82) is 0 Å². The molecule has 3 rings (SSSR count). The minimum atomic E-state index is -0.490. The first-order chi connectivity index (χ1) is 11.6. The minimum absolute atomic E-state index is 0.000766. The number of aromatic nitrogens is 1. The molecule has 1 aliphatic heterocycles. The molecule has 1 fully saturated rings. The van der Waals surface area contributed by atoms with Gasteiger partial charge in [-0.15, -0.1) is 0 Å². The molecule has 0 N–H and O–H groups in total. The van der Waals surface area contributed by atoms with Crippen molar-refractivity contribution >= 4 is 5.91 Å². The van der Waals surface area contributed by atoms with E-state index in [9.17, 15) is 13.6 Å². The van der Waals surface area contributed by atoms with Gasteiger partial charge >= 0.3 is 0 Å². The Morgan fingerprint density at radius 2 is 1.88 bits per heavy atom. The molecule has 1 saturated heterocycles. The predicted octanol–water partition coefficient (Wildman–Crippen LogP) is 3.84. The van der Waals surface area contributed by atoms with Gasteiger partial charge < -0.3 is 4.90 Å². The number of nitrogens with zero attached hydrogens (tertiary/aromatic N) is 2. The van der Waals surface area contributed by atoms with Crippen LogP contribution in [0.2, 0.25) is 0 Å². The van der Waals surface area contributed by atoms with Gasteiger partial charge in [0.1, 0.15) is 11.6 Å². The van der Waals surface area contributed by atoms with E-state index >= 15 is 0 Å². The Morgan fingerprint density at radius 3 is 2.58 bits per heavy atom. The van der Waals surface area contributed by atoms with Crippen LogP contribution in [0.3, 0.4) is 0 Å². The zero-order valence-electron chi connectivity index (χ0n) is 13.4. The summed E-state index contributed by atoms with van der Waals surface area (Å²) in [5, 5.41) is 0. The number of carbonyl (C=O) groups is 1. The van der Waals surface area contributed by atoms with E-state index in [-0.39, 0.29) is 17.4 Å². The number of hydrogen-bond donors (Lipinski definition) is 0. The summed E-state index contributed by atoms with van der Waals surface area (Å²) in [5.41, 5.74) is 0.779. The lowest BCUT2D eigenvalue weighted by Gasteiger charge is -2.33. The van der Waals surface area contributed by atoms with Crippen molar-refractivity contribution in [3.63, 3.8) is 0 Å². The van der Waals surface area contributed by atoms with Gasteiger partial charge in [0.2, 0.25) is 0 Å². The van der Waals surface area contributed by atoms with Crippen LogP contribution < -0.4 is 0 Å². The second-order valence-electron chi connectivity index (χ2n) is 6.23. The predicted molar refractivity (Wildman–Crippen MR) is 87.5 cm³/mol. The Labute approximate surface area is 140 Å². The molecule has 0 saturated carbocycles. The first kappa shape index (κ1) is 16.6. The van der Waals surface area contributed by atoms with Crippen molar-refractivity contribution in [2.24, 2.45) is 5.92 Å². The van der Waals surface area contributed by atoms with E-state index in [2.05, 4.69) is 4.98 Å². The molecule has 0 radical (unpaired) electrons. The average Bonchev–Trinajstić information content (AvgIpc) is 2.62. The highest BCUT2D eigenvalue weighted by atomic mass is 19.1. The first-order valence-corrected chi connectivity index (χ1v) is 8.27. The lowest BCUT2D eigenvalue weighted by Crippen LogP contribution is -2.40. The van der Waals surface area contributed by atoms with Gasteiger partial charge in [-0.05, 0) is 55.9 Å². The number of piperidine rings is 1. The van der Waals surface area contributed by atoms with Crippen LogP contribution in [0.5, 0.6) is 0 Å². The van der Waals surface area contributed by atoms with Gasteiger partial charge in [0.25, 0.3) is 5.91 Å². The molecule has 1 aromatic heterocycles. The number of rotatable bonds is 4. The fraction of sp³-hybridized carbons (Fsp3) is 0.368. The standard InChI is InChI=1S/C19H20F2N2O/c20-17-4-1-5-18(21)16(17)7-6-14-3-2-12-23(13-14)19(24)15-8-10-22-11-9-15/h1,4-5,8-11,14H,2-3,6-7,12-13H2. The molecule has 0 spiro atoms. The molecule has 0 bridgehead atoms. The van der Waals surface area contributed by atoms with Gasteiger partial charge in [-0.2, -0.15) is 0 Å². The highest BCUT2D eigenvalue weighted by Crippen LogP contribution is 2.24. The van der Waals surface area contributed by atoms with Crippen LogP contribution in [0.25, 0.3) is 0 Å². The van der Waals surface area contributed by atoms with Crippen LogP contribution >= 0.6 is 0 Å². The van der Waals surface area contributed by atoms with Crippen LogP contribution in [-0.4, -0.2) is 28.9 Å². The van der Waals surface area contributed by atoms with Crippen molar-refractivity contribution < 1.29 is 13.6 Å². The van der Waals surface area contributed by atoms with Crippen molar-refractivity contribution in [2.75, 3.05) is 13.1 Å². The molecule has 1 atom stereocenters. The third kappa shape index (κ3) is 3.78. The Morgan fingerprint density at radius 1 is 1.17 bits per heavy atom. The number of amides is 1. The molecule has 1 aliphatic rings. The molecule has 1 amide bonds. The Hall–Kier alpha value is -2.30. The minimum Gasteiger partial charge on any atom is -0.338 e. The lowest BCUT2D eigenvalue weighted by molar-refractivity contribution is 0.0668. The summed E-state index contributed by atoms with van der Waals surface area (Å²) in [6, 6.07) is 7.38. The zero-order chi connectivity index (χ0) is 16.9. The number of halogens is 2. The van der Waals surface area contributed by atoms with E-state index in [0.29, 0.717) is 24.9 Å². The third-order valence-electron chi connectivity index (χ3n) is 4.60. The number of pyridine rings is 1. The molecule has 126 valence electrons. The maximum Gasteiger partial charge on any atom is 0.253 e. The number of hydrogen-bond acceptors (Lipinski definition) is 2. The van der Waals surface area contributed by atoms with Gasteiger partial charge in [0, 0.05) is 36.6 Å². The summed E-state index contributed by atoms with van der Waals surface area (Å²) in [4.78, 5) is 18.3. The van der Waals surface area contributed by atoms with Crippen LogP contribution in [0.15, 0.2) is 42.7 Å². The van der Waals surface area contributed by atoms with Crippen LogP contribution in [0.1, 0.15) is 35.2 Å². The molecule has 2 aromatic rings. The van der Waals surface area contributed by atoms with E-state index in [1.807, 2.05) is 4.90 Å². The maximum absolute atomic E-state index is 13.7. The Kier molecular flexibility index (Phi) is 5.18. The number of likely N-dealkylation sites (tertiary alicyclic amines) is 1. The summed E-state index contributed by atoms with van der Waals surface area (Å²) in [6.45, 7) is 1.36. The van der Waals surface area contributed by atoms with E-state index < -0.39 is 11.6 Å². The fourth-order valence-corrected chi connectivity index (χ4v) is 3.28. The topological polar surface area (TPSA) is 33.2 Å². The van der Waals surface area contributed by atoms with Gasteiger partial charge in [-0.3, -0.25) is 9.78 Å². The highest BCUT2D eigenvalue weighted by molar-refractivity contribution is 5.94. The Bertz CT molecular complexity index is 686. The molecular weight excluding hydrogens is 310 g/mol. The van der Waals surface area contributed by atoms with Crippen molar-refractivity contribution in [2.45, 2.75) is 25.7 Å².